The Balaban J connectivity index is 2.10. The Morgan fingerprint density at radius 2 is 1.17 bits per heavy atom. The van der Waals surface area contributed by atoms with Crippen LogP contribution in [0.25, 0.3) is 0 Å². The molecule has 0 spiro atoms. The second kappa shape index (κ2) is 8.95. The molecule has 0 saturated carbocycles. The van der Waals surface area contributed by atoms with Crippen LogP contribution in [0, 0.1) is 0 Å². The van der Waals surface area contributed by atoms with Gasteiger partial charge in [-0.15, -0.1) is 0 Å². The molecule has 0 bridgehead atoms. The Morgan fingerprint density at radius 3 is 1.66 bits per heavy atom. The van der Waals surface area contributed by atoms with Gasteiger partial charge in [0.2, 0.25) is 0 Å². The van der Waals surface area contributed by atoms with Gasteiger partial charge in [0.05, 0.1) is 18.8 Å². The number of hydrogen-bond donors (Lipinski definition) is 7. The fourth-order valence-corrected chi connectivity index (χ4v) is 3.71. The molecule has 0 radical (unpaired) electrons. The Kier molecular flexibility index (Phi) is 7.65. The molecular weight excluding hydrogens is 395 g/mol. The number of hydrogen-bond acceptors (Lipinski definition) is 10. The van der Waals surface area contributed by atoms with E-state index in [1.807, 2.05) is 0 Å². The van der Waals surface area contributed by atoms with Gasteiger partial charge in [0.25, 0.3) is 0 Å². The van der Waals surface area contributed by atoms with Crippen LogP contribution in [0.5, 0.6) is 0 Å². The van der Waals surface area contributed by atoms with E-state index in [2.05, 4.69) is 0 Å². The highest BCUT2D eigenvalue weighted by Gasteiger charge is 2.52. The number of halogens is 1. The lowest BCUT2D eigenvalue weighted by atomic mass is 9.86. The third-order valence-electron chi connectivity index (χ3n) is 5.59. The van der Waals surface area contributed by atoms with Crippen LogP contribution in [-0.4, -0.2) is 121 Å². The smallest absolute Gasteiger partial charge is 0.134 e. The van der Waals surface area contributed by atoms with Crippen LogP contribution < -0.4 is 0 Å². The summed E-state index contributed by atoms with van der Waals surface area (Å²) in [6.45, 7) is 4.40. The van der Waals surface area contributed by atoms with Gasteiger partial charge < -0.3 is 50.0 Å². The summed E-state index contributed by atoms with van der Waals surface area (Å²) in [6.07, 6.45) is -14.4. The molecule has 2 aliphatic rings. The molecule has 172 valence electrons. The van der Waals surface area contributed by atoms with E-state index in [9.17, 15) is 40.1 Å². The molecule has 10 nitrogen and oxygen atoms in total. The lowest BCUT2D eigenvalue weighted by Gasteiger charge is -2.47. The molecule has 0 aromatic rings. The van der Waals surface area contributed by atoms with Gasteiger partial charge in [-0.05, 0) is 27.7 Å². The first kappa shape index (κ1) is 24.8. The molecular formula is C18H33FO10. The Hall–Kier alpha value is -0.470. The lowest BCUT2D eigenvalue weighted by Crippen LogP contribution is -2.65. The van der Waals surface area contributed by atoms with E-state index in [-0.39, 0.29) is 6.61 Å². The first-order chi connectivity index (χ1) is 13.2. The van der Waals surface area contributed by atoms with E-state index in [1.54, 1.807) is 0 Å². The Labute approximate surface area is 168 Å². The zero-order valence-electron chi connectivity index (χ0n) is 16.9. The average molecular weight is 428 g/mol. The van der Waals surface area contributed by atoms with Crippen molar-refractivity contribution in [1.82, 2.24) is 0 Å². The molecule has 10 unspecified atom stereocenters. The minimum atomic E-state index is -2.01. The van der Waals surface area contributed by atoms with Crippen molar-refractivity contribution in [2.75, 3.05) is 13.2 Å². The first-order valence-electron chi connectivity index (χ1n) is 9.55. The Bertz CT molecular complexity index is 539. The van der Waals surface area contributed by atoms with Gasteiger partial charge in [-0.3, -0.25) is 0 Å². The van der Waals surface area contributed by atoms with E-state index in [4.69, 9.17) is 14.2 Å². The summed E-state index contributed by atoms with van der Waals surface area (Å²) < 4.78 is 31.0. The van der Waals surface area contributed by atoms with Gasteiger partial charge in [-0.2, -0.15) is 0 Å². The number of alkyl halides is 1. The molecule has 2 saturated heterocycles. The van der Waals surface area contributed by atoms with Crippen LogP contribution in [0.1, 0.15) is 27.7 Å². The van der Waals surface area contributed by atoms with Crippen molar-refractivity contribution in [3.8, 4) is 0 Å². The third-order valence-corrected chi connectivity index (χ3v) is 5.59. The second-order valence-corrected chi connectivity index (χ2v) is 8.80. The number of rotatable bonds is 6. The van der Waals surface area contributed by atoms with Gasteiger partial charge >= 0.3 is 0 Å². The molecule has 2 aliphatic heterocycles. The molecule has 2 fully saturated rings. The fraction of sp³-hybridized carbons (Fsp3) is 1.00. The quantitative estimate of drug-likeness (QED) is 0.235. The van der Waals surface area contributed by atoms with Gasteiger partial charge in [0, 0.05) is 0 Å². The predicted molar refractivity (Wildman–Crippen MR) is 95.7 cm³/mol. The van der Waals surface area contributed by atoms with Crippen LogP contribution in [-0.2, 0) is 14.2 Å². The van der Waals surface area contributed by atoms with Crippen molar-refractivity contribution in [3.05, 3.63) is 0 Å². The maximum absolute atomic E-state index is 14.3. The molecule has 11 heteroatoms. The molecule has 0 aliphatic carbocycles. The van der Waals surface area contributed by atoms with Crippen LogP contribution in [0.2, 0.25) is 0 Å². The summed E-state index contributed by atoms with van der Waals surface area (Å²) in [5, 5.41) is 69.7. The monoisotopic (exact) mass is 428 g/mol. The Morgan fingerprint density at radius 1 is 0.724 bits per heavy atom. The zero-order valence-corrected chi connectivity index (χ0v) is 16.9. The molecule has 29 heavy (non-hydrogen) atoms. The lowest BCUT2D eigenvalue weighted by molar-refractivity contribution is -0.289. The maximum Gasteiger partial charge on any atom is 0.134 e. The van der Waals surface area contributed by atoms with Crippen LogP contribution in [0.15, 0.2) is 0 Å². The molecule has 0 aromatic heterocycles. The van der Waals surface area contributed by atoms with Crippen LogP contribution >= 0.6 is 0 Å². The van der Waals surface area contributed by atoms with Crippen molar-refractivity contribution >= 4 is 0 Å². The maximum atomic E-state index is 14.3. The van der Waals surface area contributed by atoms with E-state index < -0.39 is 78.9 Å². The molecule has 2 rings (SSSR count). The highest BCUT2D eigenvalue weighted by atomic mass is 19.1. The number of aliphatic hydroxyl groups is 7. The van der Waals surface area contributed by atoms with Crippen molar-refractivity contribution in [1.29, 1.82) is 0 Å². The predicted octanol–water partition coefficient (Wildman–Crippen LogP) is -2.78. The minimum Gasteiger partial charge on any atom is -0.394 e. The zero-order chi connectivity index (χ0) is 22.3. The number of ether oxygens (including phenoxy) is 3. The largest absolute Gasteiger partial charge is 0.394 e. The van der Waals surface area contributed by atoms with Gasteiger partial charge in [-0.1, -0.05) is 0 Å². The van der Waals surface area contributed by atoms with Gasteiger partial charge in [-0.25, -0.2) is 4.39 Å². The van der Waals surface area contributed by atoms with Crippen molar-refractivity contribution in [2.24, 2.45) is 0 Å². The highest BCUT2D eigenvalue weighted by molar-refractivity contribution is 5.01. The van der Waals surface area contributed by atoms with E-state index >= 15 is 0 Å². The van der Waals surface area contributed by atoms with Crippen molar-refractivity contribution in [3.63, 3.8) is 0 Å². The summed E-state index contributed by atoms with van der Waals surface area (Å²) in [4.78, 5) is 0. The minimum absolute atomic E-state index is 0.362. The summed E-state index contributed by atoms with van der Waals surface area (Å²) >= 11 is 0. The summed E-state index contributed by atoms with van der Waals surface area (Å²) in [7, 11) is 0. The SMILES string of the molecule is CC(C)(F)C1OC(COC(C)(C)C2OC(CO)C(O)C(O)C2O)C(O)C(O)C1O. The van der Waals surface area contributed by atoms with Gasteiger partial charge in [0.1, 0.15) is 66.7 Å². The third kappa shape index (κ3) is 5.06. The standard InChI is InChI=1S/C18H33FO10/c1-17(2,19)15-13(25)12(24)10(22)8(29-15)6-27-18(3,4)16-14(26)11(23)9(21)7(5-20)28-16/h7-16,20-26H,5-6H2,1-4H3. The number of aliphatic hydroxyl groups excluding tert-OH is 7. The fourth-order valence-electron chi connectivity index (χ4n) is 3.71. The van der Waals surface area contributed by atoms with E-state index in [0.29, 0.717) is 0 Å². The van der Waals surface area contributed by atoms with Crippen molar-refractivity contribution in [2.45, 2.75) is 100 Å². The molecule has 10 atom stereocenters. The summed E-state index contributed by atoms with van der Waals surface area (Å²) in [5.74, 6) is 0. The molecule has 0 aromatic carbocycles. The average Bonchev–Trinajstić information content (AvgIpc) is 2.62. The van der Waals surface area contributed by atoms with Gasteiger partial charge in [0.15, 0.2) is 0 Å². The first-order valence-corrected chi connectivity index (χ1v) is 9.55. The summed E-state index contributed by atoms with van der Waals surface area (Å²) in [5.41, 5.74) is -3.32. The van der Waals surface area contributed by atoms with E-state index in [1.165, 1.54) is 27.7 Å². The molecule has 7 N–H and O–H groups in total. The van der Waals surface area contributed by atoms with E-state index in [0.717, 1.165) is 0 Å². The van der Waals surface area contributed by atoms with Crippen LogP contribution in [0.3, 0.4) is 0 Å². The highest BCUT2D eigenvalue weighted by Crippen LogP contribution is 2.33. The molecule has 2 heterocycles. The van der Waals surface area contributed by atoms with Crippen molar-refractivity contribution < 1.29 is 54.3 Å². The van der Waals surface area contributed by atoms with Crippen LogP contribution in [0.4, 0.5) is 4.39 Å². The molecule has 0 amide bonds. The normalized spacial score (nSPS) is 44.7. The second-order valence-electron chi connectivity index (χ2n) is 8.80. The topological polar surface area (TPSA) is 169 Å². The summed E-state index contributed by atoms with van der Waals surface area (Å²) in [6, 6.07) is 0.